The van der Waals surface area contributed by atoms with E-state index in [1.807, 2.05) is 0 Å². The third kappa shape index (κ3) is 5.04. The summed E-state index contributed by atoms with van der Waals surface area (Å²) in [6, 6.07) is 0. The summed E-state index contributed by atoms with van der Waals surface area (Å²) in [6.45, 7) is 3.97. The average molecular weight is 369 g/mol. The van der Waals surface area contributed by atoms with Crippen LogP contribution in [0.15, 0.2) is 9.79 Å². The van der Waals surface area contributed by atoms with Gasteiger partial charge in [-0.3, -0.25) is 14.6 Å². The Labute approximate surface area is 150 Å². The molecule has 2 unspecified atom stereocenters. The number of nitrogens with two attached hydrogens (primary N) is 1. The summed E-state index contributed by atoms with van der Waals surface area (Å²) in [5, 5.41) is 0.674. The molecule has 8 heteroatoms. The molecule has 1 aliphatic carbocycles. The molecule has 0 amide bonds. The van der Waals surface area contributed by atoms with Crippen molar-refractivity contribution in [2.75, 3.05) is 11.5 Å². The van der Waals surface area contributed by atoms with Crippen LogP contribution in [0.25, 0.3) is 0 Å². The van der Waals surface area contributed by atoms with Gasteiger partial charge in [-0.15, -0.1) is 11.8 Å². The fourth-order valence-corrected chi connectivity index (χ4v) is 3.93. The molecule has 24 heavy (non-hydrogen) atoms. The molecule has 1 saturated carbocycles. The number of thioether (sulfide) groups is 1. The van der Waals surface area contributed by atoms with E-state index in [4.69, 9.17) is 18.0 Å². The van der Waals surface area contributed by atoms with E-state index in [0.717, 1.165) is 19.3 Å². The van der Waals surface area contributed by atoms with Crippen LogP contribution in [0, 0.1) is 16.6 Å². The zero-order valence-electron chi connectivity index (χ0n) is 14.1. The van der Waals surface area contributed by atoms with Crippen LogP contribution in [0.3, 0.4) is 0 Å². The molecule has 0 bridgehead atoms. The van der Waals surface area contributed by atoms with E-state index in [1.165, 1.54) is 24.6 Å². The number of aromatic amines is 2. The number of ketones is 1. The predicted octanol–water partition coefficient (Wildman–Crippen LogP) is 3.58. The zero-order chi connectivity index (χ0) is 17.7. The zero-order valence-corrected chi connectivity index (χ0v) is 15.7. The molecule has 2 atom stereocenters. The number of nitrogens with zero attached hydrogens (tertiary/aromatic N) is 1. The monoisotopic (exact) mass is 368 g/mol. The Morgan fingerprint density at radius 2 is 2.04 bits per heavy atom. The number of Topliss-reactive ketones (excluding diaryl/α,β-unsaturated/α-hetero) is 1. The minimum Gasteiger partial charge on any atom is -0.391 e. The van der Waals surface area contributed by atoms with Crippen molar-refractivity contribution >= 4 is 46.3 Å². The Hall–Kier alpha value is -1.41. The van der Waals surface area contributed by atoms with Crippen LogP contribution < -0.4 is 11.3 Å². The fourth-order valence-electron chi connectivity index (χ4n) is 3.02. The summed E-state index contributed by atoms with van der Waals surface area (Å²) in [7, 11) is 0. The maximum atomic E-state index is 12.5. The second-order valence-corrected chi connectivity index (χ2v) is 7.85. The number of rotatable bonds is 4. The van der Waals surface area contributed by atoms with Crippen LogP contribution in [0.2, 0.25) is 0 Å². The summed E-state index contributed by atoms with van der Waals surface area (Å²) in [5.41, 5.74) is 5.24. The van der Waals surface area contributed by atoms with E-state index >= 15 is 0 Å². The highest BCUT2D eigenvalue weighted by atomic mass is 32.2. The Morgan fingerprint density at radius 1 is 1.33 bits per heavy atom. The van der Waals surface area contributed by atoms with Gasteiger partial charge in [-0.1, -0.05) is 32.6 Å². The molecule has 1 heterocycles. The lowest BCUT2D eigenvalue weighted by molar-refractivity contribution is -0.121. The highest BCUT2D eigenvalue weighted by Crippen LogP contribution is 2.30. The van der Waals surface area contributed by atoms with E-state index in [9.17, 15) is 9.59 Å². The van der Waals surface area contributed by atoms with Gasteiger partial charge in [0.2, 0.25) is 0 Å². The first-order chi connectivity index (χ1) is 11.4. The number of aliphatic imine (C=N–C) groups is 1. The lowest BCUT2D eigenvalue weighted by Crippen LogP contribution is -2.23. The maximum absolute atomic E-state index is 12.5. The summed E-state index contributed by atoms with van der Waals surface area (Å²) in [4.78, 5) is 33.6. The van der Waals surface area contributed by atoms with Gasteiger partial charge in [0.05, 0.1) is 10.8 Å². The van der Waals surface area contributed by atoms with E-state index in [-0.39, 0.29) is 28.0 Å². The van der Waals surface area contributed by atoms with Crippen molar-refractivity contribution < 1.29 is 4.79 Å². The highest BCUT2D eigenvalue weighted by Gasteiger charge is 2.26. The topological polar surface area (TPSA) is 104 Å². The number of nitrogen functional groups attached to an aromatic ring is 1. The SMILES string of the molecule is CC(=Nc1[nH]c(=S)[nH]c(=O)c1N)SCC(=O)C1CCCCCC1C. The van der Waals surface area contributed by atoms with Crippen molar-refractivity contribution in [3.05, 3.63) is 15.1 Å². The van der Waals surface area contributed by atoms with Gasteiger partial charge in [0, 0.05) is 5.92 Å². The number of carbonyl (C=O) groups is 1. The summed E-state index contributed by atoms with van der Waals surface area (Å²) >= 11 is 6.30. The van der Waals surface area contributed by atoms with Crippen LogP contribution in [0.1, 0.15) is 46.0 Å². The van der Waals surface area contributed by atoms with Gasteiger partial charge in [-0.05, 0) is 31.5 Å². The van der Waals surface area contributed by atoms with Crippen molar-refractivity contribution in [1.82, 2.24) is 9.97 Å². The Kier molecular flexibility index (Phi) is 6.79. The van der Waals surface area contributed by atoms with Gasteiger partial charge in [-0.25, -0.2) is 4.99 Å². The fraction of sp³-hybridized carbons (Fsp3) is 0.625. The molecule has 0 aliphatic heterocycles. The third-order valence-electron chi connectivity index (χ3n) is 4.43. The van der Waals surface area contributed by atoms with Crippen molar-refractivity contribution in [2.45, 2.75) is 46.0 Å². The number of nitrogens with one attached hydrogen (secondary N) is 2. The first kappa shape index (κ1) is 18.9. The molecule has 4 N–H and O–H groups in total. The Bertz CT molecular complexity index is 738. The number of hydrogen-bond acceptors (Lipinski definition) is 6. The van der Waals surface area contributed by atoms with Gasteiger partial charge in [0.15, 0.2) is 10.6 Å². The van der Waals surface area contributed by atoms with Crippen LogP contribution in [0.5, 0.6) is 0 Å². The van der Waals surface area contributed by atoms with E-state index in [1.54, 1.807) is 6.92 Å². The average Bonchev–Trinajstić information content (AvgIpc) is 2.74. The molecule has 0 spiro atoms. The normalized spacial score (nSPS) is 22.2. The van der Waals surface area contributed by atoms with Crippen molar-refractivity contribution in [1.29, 1.82) is 0 Å². The smallest absolute Gasteiger partial charge is 0.277 e. The minimum absolute atomic E-state index is 0.00716. The van der Waals surface area contributed by atoms with Crippen LogP contribution in [0.4, 0.5) is 11.5 Å². The van der Waals surface area contributed by atoms with Gasteiger partial charge >= 0.3 is 0 Å². The molecular weight excluding hydrogens is 344 g/mol. The Balaban J connectivity index is 2.02. The van der Waals surface area contributed by atoms with Crippen LogP contribution in [-0.4, -0.2) is 26.5 Å². The van der Waals surface area contributed by atoms with E-state index in [0.29, 0.717) is 16.7 Å². The molecular formula is C16H24N4O2S2. The first-order valence-corrected chi connectivity index (χ1v) is 9.60. The lowest BCUT2D eigenvalue weighted by Gasteiger charge is -2.19. The molecule has 1 aromatic rings. The second kappa shape index (κ2) is 8.62. The quantitative estimate of drug-likeness (QED) is 0.326. The molecule has 0 saturated heterocycles. The number of hydrogen-bond donors (Lipinski definition) is 3. The predicted molar refractivity (Wildman–Crippen MR) is 103 cm³/mol. The highest BCUT2D eigenvalue weighted by molar-refractivity contribution is 8.14. The third-order valence-corrected chi connectivity index (χ3v) is 5.57. The molecule has 1 fully saturated rings. The van der Waals surface area contributed by atoms with Crippen molar-refractivity contribution in [3.8, 4) is 0 Å². The first-order valence-electron chi connectivity index (χ1n) is 8.21. The summed E-state index contributed by atoms with van der Waals surface area (Å²) < 4.78 is 0.175. The standard InChI is InChI=1S/C16H24N4O2S2/c1-9-6-4-3-5-7-11(9)12(21)8-24-10(2)18-14-13(17)15(22)20-16(23)19-14/h9,11H,3-8,17H2,1-2H3,(H2,19,20,22,23). The molecule has 0 radical (unpaired) electrons. The molecule has 1 aliphatic rings. The second-order valence-electron chi connectivity index (χ2n) is 6.28. The van der Waals surface area contributed by atoms with Crippen LogP contribution in [-0.2, 0) is 4.79 Å². The van der Waals surface area contributed by atoms with Crippen molar-refractivity contribution in [2.24, 2.45) is 16.8 Å². The van der Waals surface area contributed by atoms with E-state index in [2.05, 4.69) is 21.9 Å². The number of aromatic nitrogens is 2. The van der Waals surface area contributed by atoms with Gasteiger partial charge in [-0.2, -0.15) is 0 Å². The summed E-state index contributed by atoms with van der Waals surface area (Å²) in [6.07, 6.45) is 5.71. The molecule has 2 rings (SSSR count). The maximum Gasteiger partial charge on any atom is 0.277 e. The molecule has 1 aromatic heterocycles. The molecule has 6 nitrogen and oxygen atoms in total. The lowest BCUT2D eigenvalue weighted by atomic mass is 9.87. The number of H-pyrrole nitrogens is 2. The van der Waals surface area contributed by atoms with Gasteiger partial charge < -0.3 is 10.7 Å². The van der Waals surface area contributed by atoms with Gasteiger partial charge in [0.25, 0.3) is 5.56 Å². The van der Waals surface area contributed by atoms with Crippen LogP contribution >= 0.6 is 24.0 Å². The number of anilines is 1. The summed E-state index contributed by atoms with van der Waals surface area (Å²) in [5.74, 6) is 1.54. The molecule has 132 valence electrons. The molecule has 0 aromatic carbocycles. The minimum atomic E-state index is -0.460. The largest absolute Gasteiger partial charge is 0.391 e. The number of carbonyl (C=O) groups excluding carboxylic acids is 1. The van der Waals surface area contributed by atoms with E-state index < -0.39 is 5.56 Å². The van der Waals surface area contributed by atoms with Crippen molar-refractivity contribution in [3.63, 3.8) is 0 Å². The van der Waals surface area contributed by atoms with Gasteiger partial charge in [0.1, 0.15) is 11.5 Å². The Morgan fingerprint density at radius 3 is 2.79 bits per heavy atom.